The normalized spacial score (nSPS) is 20.2. The van der Waals surface area contributed by atoms with Crippen LogP contribution in [0.4, 0.5) is 0 Å². The molecule has 0 radical (unpaired) electrons. The molecule has 8 nitrogen and oxygen atoms in total. The van der Waals surface area contributed by atoms with Gasteiger partial charge in [0.2, 0.25) is 11.8 Å². The molecule has 1 aromatic rings. The van der Waals surface area contributed by atoms with E-state index in [1.165, 1.54) is 0 Å². The second-order valence-corrected chi connectivity index (χ2v) is 7.01. The van der Waals surface area contributed by atoms with Crippen LogP contribution in [0.2, 0.25) is 0 Å². The molecule has 1 atom stereocenters. The first kappa shape index (κ1) is 20.4. The van der Waals surface area contributed by atoms with Crippen molar-refractivity contribution < 1.29 is 23.8 Å². The van der Waals surface area contributed by atoms with Gasteiger partial charge in [0.05, 0.1) is 32.8 Å². The van der Waals surface area contributed by atoms with E-state index >= 15 is 0 Å². The van der Waals surface area contributed by atoms with Gasteiger partial charge < -0.3 is 24.4 Å². The smallest absolute Gasteiger partial charge is 0.225 e. The van der Waals surface area contributed by atoms with Gasteiger partial charge in [0, 0.05) is 39.1 Å². The Morgan fingerprint density at radius 3 is 2.61 bits per heavy atom. The van der Waals surface area contributed by atoms with E-state index in [-0.39, 0.29) is 24.2 Å². The summed E-state index contributed by atoms with van der Waals surface area (Å²) in [6, 6.07) is 7.31. The minimum atomic E-state index is -0.279. The number of likely N-dealkylation sites (tertiary alicyclic amines) is 1. The predicted molar refractivity (Wildman–Crippen MR) is 103 cm³/mol. The Balaban J connectivity index is 1.34. The summed E-state index contributed by atoms with van der Waals surface area (Å²) >= 11 is 0. The van der Waals surface area contributed by atoms with Gasteiger partial charge >= 0.3 is 0 Å². The SMILES string of the molecule is COc1ccc(OCCN2CC(C(=O)NCCN3CCOCC3)CC2=O)cc1. The summed E-state index contributed by atoms with van der Waals surface area (Å²) in [4.78, 5) is 28.5. The quantitative estimate of drug-likeness (QED) is 0.655. The molecule has 3 rings (SSSR count). The fourth-order valence-electron chi connectivity index (χ4n) is 3.42. The van der Waals surface area contributed by atoms with Gasteiger partial charge in [-0.3, -0.25) is 14.5 Å². The standard InChI is InChI=1S/C20H29N3O5/c1-26-17-2-4-18(5-3-17)28-13-10-23-15-16(14-19(23)24)20(25)21-6-7-22-8-11-27-12-9-22/h2-5,16H,6-15H2,1H3,(H,21,25). The molecule has 28 heavy (non-hydrogen) atoms. The molecule has 8 heteroatoms. The van der Waals surface area contributed by atoms with E-state index in [0.717, 1.165) is 44.3 Å². The Labute approximate surface area is 165 Å². The molecule has 2 heterocycles. The van der Waals surface area contributed by atoms with Crippen LogP contribution in [0, 0.1) is 5.92 Å². The number of nitrogens with one attached hydrogen (secondary N) is 1. The zero-order valence-electron chi connectivity index (χ0n) is 16.4. The largest absolute Gasteiger partial charge is 0.497 e. The molecule has 2 amide bonds. The first-order chi connectivity index (χ1) is 13.7. The van der Waals surface area contributed by atoms with E-state index in [2.05, 4.69) is 10.2 Å². The first-order valence-electron chi connectivity index (χ1n) is 9.78. The van der Waals surface area contributed by atoms with Crippen molar-refractivity contribution in [1.29, 1.82) is 0 Å². The van der Waals surface area contributed by atoms with Crippen molar-refractivity contribution in [2.24, 2.45) is 5.92 Å². The highest BCUT2D eigenvalue weighted by Gasteiger charge is 2.33. The number of carbonyl (C=O) groups excluding carboxylic acids is 2. The lowest BCUT2D eigenvalue weighted by molar-refractivity contribution is -0.129. The molecular weight excluding hydrogens is 362 g/mol. The van der Waals surface area contributed by atoms with Crippen molar-refractivity contribution >= 4 is 11.8 Å². The maximum Gasteiger partial charge on any atom is 0.225 e. The van der Waals surface area contributed by atoms with E-state index < -0.39 is 0 Å². The molecule has 0 saturated carbocycles. The van der Waals surface area contributed by atoms with Gasteiger partial charge in [-0.1, -0.05) is 0 Å². The molecule has 2 fully saturated rings. The third kappa shape index (κ3) is 5.84. The lowest BCUT2D eigenvalue weighted by Crippen LogP contribution is -2.42. The van der Waals surface area contributed by atoms with E-state index in [4.69, 9.17) is 14.2 Å². The summed E-state index contributed by atoms with van der Waals surface area (Å²) in [5, 5.41) is 2.96. The maximum atomic E-state index is 12.4. The average molecular weight is 391 g/mol. The molecule has 2 aliphatic rings. The molecule has 1 unspecified atom stereocenters. The lowest BCUT2D eigenvalue weighted by atomic mass is 10.1. The number of amides is 2. The fourth-order valence-corrected chi connectivity index (χ4v) is 3.42. The Morgan fingerprint density at radius 1 is 1.18 bits per heavy atom. The van der Waals surface area contributed by atoms with E-state index in [0.29, 0.717) is 26.2 Å². The molecule has 0 spiro atoms. The van der Waals surface area contributed by atoms with Crippen LogP contribution < -0.4 is 14.8 Å². The van der Waals surface area contributed by atoms with Gasteiger partial charge in [0.1, 0.15) is 18.1 Å². The van der Waals surface area contributed by atoms with E-state index in [9.17, 15) is 9.59 Å². The zero-order chi connectivity index (χ0) is 19.8. The van der Waals surface area contributed by atoms with Crippen LogP contribution >= 0.6 is 0 Å². The van der Waals surface area contributed by atoms with Crippen LogP contribution in [0.25, 0.3) is 0 Å². The van der Waals surface area contributed by atoms with Gasteiger partial charge in [-0.2, -0.15) is 0 Å². The number of morpholine rings is 1. The minimum absolute atomic E-state index is 0.00617. The predicted octanol–water partition coefficient (Wildman–Crippen LogP) is 0.371. The third-order valence-electron chi connectivity index (χ3n) is 5.11. The lowest BCUT2D eigenvalue weighted by Gasteiger charge is -2.26. The van der Waals surface area contributed by atoms with Crippen LogP contribution in [0.5, 0.6) is 11.5 Å². The van der Waals surface area contributed by atoms with Crippen molar-refractivity contribution in [3.05, 3.63) is 24.3 Å². The fraction of sp³-hybridized carbons (Fsp3) is 0.600. The van der Waals surface area contributed by atoms with Crippen LogP contribution in [0.3, 0.4) is 0 Å². The zero-order valence-corrected chi connectivity index (χ0v) is 16.4. The molecule has 1 aromatic carbocycles. The van der Waals surface area contributed by atoms with Gasteiger partial charge in [-0.15, -0.1) is 0 Å². The topological polar surface area (TPSA) is 80.3 Å². The van der Waals surface area contributed by atoms with Crippen molar-refractivity contribution in [2.45, 2.75) is 6.42 Å². The van der Waals surface area contributed by atoms with Gasteiger partial charge in [-0.05, 0) is 24.3 Å². The minimum Gasteiger partial charge on any atom is -0.497 e. The molecule has 0 aliphatic carbocycles. The second kappa shape index (κ2) is 10.3. The Hall–Kier alpha value is -2.32. The van der Waals surface area contributed by atoms with Crippen LogP contribution in [-0.4, -0.2) is 87.8 Å². The molecule has 2 saturated heterocycles. The highest BCUT2D eigenvalue weighted by molar-refractivity contribution is 5.89. The van der Waals surface area contributed by atoms with Crippen molar-refractivity contribution in [3.63, 3.8) is 0 Å². The molecule has 1 N–H and O–H groups in total. The summed E-state index contributed by atoms with van der Waals surface area (Å²) in [6.45, 7) is 6.04. The summed E-state index contributed by atoms with van der Waals surface area (Å²) in [5.74, 6) is 1.18. The van der Waals surface area contributed by atoms with Crippen molar-refractivity contribution in [2.75, 3.05) is 66.2 Å². The number of rotatable bonds is 9. The van der Waals surface area contributed by atoms with Gasteiger partial charge in [-0.25, -0.2) is 0 Å². The average Bonchev–Trinajstić information content (AvgIpc) is 3.10. The number of hydrogen-bond donors (Lipinski definition) is 1. The number of hydrogen-bond acceptors (Lipinski definition) is 6. The molecule has 0 aromatic heterocycles. The summed E-state index contributed by atoms with van der Waals surface area (Å²) in [7, 11) is 1.62. The maximum absolute atomic E-state index is 12.4. The second-order valence-electron chi connectivity index (χ2n) is 7.01. The molecule has 154 valence electrons. The Bertz CT molecular complexity index is 646. The summed E-state index contributed by atoms with van der Waals surface area (Å²) in [5.41, 5.74) is 0. The third-order valence-corrected chi connectivity index (χ3v) is 5.11. The highest BCUT2D eigenvalue weighted by atomic mass is 16.5. The number of methoxy groups -OCH3 is 1. The van der Waals surface area contributed by atoms with Crippen LogP contribution in [0.1, 0.15) is 6.42 Å². The number of ether oxygens (including phenoxy) is 3. The Kier molecular flexibility index (Phi) is 7.50. The molecule has 0 bridgehead atoms. The van der Waals surface area contributed by atoms with Crippen LogP contribution in [-0.2, 0) is 14.3 Å². The summed E-state index contributed by atoms with van der Waals surface area (Å²) < 4.78 is 16.1. The van der Waals surface area contributed by atoms with Crippen molar-refractivity contribution in [3.8, 4) is 11.5 Å². The molecular formula is C20H29N3O5. The van der Waals surface area contributed by atoms with Gasteiger partial charge in [0.25, 0.3) is 0 Å². The monoisotopic (exact) mass is 391 g/mol. The number of carbonyl (C=O) groups is 2. The van der Waals surface area contributed by atoms with E-state index in [1.54, 1.807) is 12.0 Å². The van der Waals surface area contributed by atoms with Crippen molar-refractivity contribution in [1.82, 2.24) is 15.1 Å². The van der Waals surface area contributed by atoms with Gasteiger partial charge in [0.15, 0.2) is 0 Å². The number of nitrogens with zero attached hydrogens (tertiary/aromatic N) is 2. The molecule has 2 aliphatic heterocycles. The first-order valence-corrected chi connectivity index (χ1v) is 9.78. The van der Waals surface area contributed by atoms with Crippen LogP contribution in [0.15, 0.2) is 24.3 Å². The van der Waals surface area contributed by atoms with E-state index in [1.807, 2.05) is 24.3 Å². The Morgan fingerprint density at radius 2 is 1.89 bits per heavy atom. The highest BCUT2D eigenvalue weighted by Crippen LogP contribution is 2.19. The number of benzene rings is 1. The summed E-state index contributed by atoms with van der Waals surface area (Å²) in [6.07, 6.45) is 0.270.